The molecule has 0 saturated heterocycles. The van der Waals surface area contributed by atoms with Gasteiger partial charge in [0.25, 0.3) is 0 Å². The fourth-order valence-electron chi connectivity index (χ4n) is 3.15. The summed E-state index contributed by atoms with van der Waals surface area (Å²) >= 11 is 0. The van der Waals surface area contributed by atoms with Gasteiger partial charge in [0.15, 0.2) is 0 Å². The molecule has 1 fully saturated rings. The van der Waals surface area contributed by atoms with E-state index in [1.807, 2.05) is 28.9 Å². The quantitative estimate of drug-likeness (QED) is 0.860. The first-order valence-corrected chi connectivity index (χ1v) is 8.36. The first-order chi connectivity index (χ1) is 11.2. The highest BCUT2D eigenvalue weighted by molar-refractivity contribution is 5.91. The number of nitrogens with one attached hydrogen (secondary N) is 2. The number of hydrogen-bond donors (Lipinski definition) is 2. The largest absolute Gasteiger partial charge is 0.310 e. The van der Waals surface area contributed by atoms with Crippen molar-refractivity contribution in [3.63, 3.8) is 0 Å². The molecule has 1 saturated carbocycles. The van der Waals surface area contributed by atoms with Gasteiger partial charge in [-0.2, -0.15) is 5.10 Å². The number of rotatable bonds is 6. The third kappa shape index (κ3) is 3.99. The summed E-state index contributed by atoms with van der Waals surface area (Å²) in [6, 6.07) is 12.6. The lowest BCUT2D eigenvalue weighted by Gasteiger charge is -2.16. The predicted octanol–water partition coefficient (Wildman–Crippen LogP) is 3.29. The molecule has 3 rings (SSSR count). The Balaban J connectivity index is 1.53. The second-order valence-corrected chi connectivity index (χ2v) is 6.16. The molecule has 1 aromatic carbocycles. The zero-order chi connectivity index (χ0) is 16.1. The summed E-state index contributed by atoms with van der Waals surface area (Å²) in [7, 11) is 0. The molecule has 1 aliphatic rings. The minimum Gasteiger partial charge on any atom is -0.310 e. The minimum absolute atomic E-state index is 0.0347. The van der Waals surface area contributed by atoms with Crippen LogP contribution in [0.1, 0.15) is 50.3 Å². The van der Waals surface area contributed by atoms with E-state index in [1.165, 1.54) is 18.4 Å². The summed E-state index contributed by atoms with van der Waals surface area (Å²) in [5, 5.41) is 10.6. The molecule has 0 unspecified atom stereocenters. The highest BCUT2D eigenvalue weighted by atomic mass is 16.2. The first kappa shape index (κ1) is 15.7. The molecule has 2 aromatic rings. The van der Waals surface area contributed by atoms with Crippen molar-refractivity contribution in [3.05, 3.63) is 48.2 Å². The number of hydrogen-bond acceptors (Lipinski definition) is 3. The van der Waals surface area contributed by atoms with Crippen LogP contribution < -0.4 is 10.6 Å². The van der Waals surface area contributed by atoms with Crippen molar-refractivity contribution in [2.24, 2.45) is 0 Å². The van der Waals surface area contributed by atoms with Crippen LogP contribution in [-0.2, 0) is 4.79 Å². The summed E-state index contributed by atoms with van der Waals surface area (Å²) in [5.74, 6) is 0.767. The second-order valence-electron chi connectivity index (χ2n) is 6.16. The molecule has 1 amide bonds. The molecular weight excluding hydrogens is 288 g/mol. The monoisotopic (exact) mass is 312 g/mol. The summed E-state index contributed by atoms with van der Waals surface area (Å²) < 4.78 is 1.96. The van der Waals surface area contributed by atoms with E-state index in [9.17, 15) is 4.79 Å². The van der Waals surface area contributed by atoms with E-state index in [1.54, 1.807) is 6.20 Å². The Morgan fingerprint density at radius 1 is 1.26 bits per heavy atom. The van der Waals surface area contributed by atoms with Gasteiger partial charge in [0, 0.05) is 12.1 Å². The highest BCUT2D eigenvalue weighted by Gasteiger charge is 2.20. The van der Waals surface area contributed by atoms with Crippen molar-refractivity contribution < 1.29 is 4.79 Å². The van der Waals surface area contributed by atoms with Crippen LogP contribution in [0.5, 0.6) is 0 Å². The molecule has 5 nitrogen and oxygen atoms in total. The summed E-state index contributed by atoms with van der Waals surface area (Å²) in [6.45, 7) is 2.34. The average Bonchev–Trinajstić information content (AvgIpc) is 3.24. The van der Waals surface area contributed by atoms with Gasteiger partial charge in [-0.05, 0) is 25.3 Å². The van der Waals surface area contributed by atoms with E-state index in [2.05, 4.69) is 34.8 Å². The highest BCUT2D eigenvalue weighted by Crippen LogP contribution is 2.31. The Morgan fingerprint density at radius 2 is 2.00 bits per heavy atom. The summed E-state index contributed by atoms with van der Waals surface area (Å²) in [5.41, 5.74) is 1.18. The van der Waals surface area contributed by atoms with Crippen LogP contribution in [0.3, 0.4) is 0 Å². The number of anilines is 1. The number of nitrogens with zero attached hydrogens (tertiary/aromatic N) is 2. The number of carbonyl (C=O) groups is 1. The van der Waals surface area contributed by atoms with Gasteiger partial charge < -0.3 is 10.6 Å². The molecule has 1 atom stereocenters. The zero-order valence-electron chi connectivity index (χ0n) is 13.5. The molecule has 0 spiro atoms. The fraction of sp³-hybridized carbons (Fsp3) is 0.444. The lowest BCUT2D eigenvalue weighted by atomic mass is 10.1. The lowest BCUT2D eigenvalue weighted by Crippen LogP contribution is -2.31. The van der Waals surface area contributed by atoms with Crippen molar-refractivity contribution in [2.75, 3.05) is 11.9 Å². The topological polar surface area (TPSA) is 59.0 Å². The standard InChI is InChI=1S/C18H24N4O/c1-14(15-7-3-2-4-8-15)19-13-18(23)21-17-11-12-20-22(17)16-9-5-6-10-16/h2-4,7-8,11-12,14,16,19H,5-6,9-10,13H2,1H3,(H,21,23)/t14-/m0/s1. The van der Waals surface area contributed by atoms with Gasteiger partial charge in [0.05, 0.1) is 18.8 Å². The van der Waals surface area contributed by atoms with Crippen LogP contribution in [-0.4, -0.2) is 22.2 Å². The van der Waals surface area contributed by atoms with Crippen molar-refractivity contribution in [1.29, 1.82) is 0 Å². The third-order valence-corrected chi connectivity index (χ3v) is 4.48. The Hall–Kier alpha value is -2.14. The number of carbonyl (C=O) groups excluding carboxylic acids is 1. The minimum atomic E-state index is -0.0347. The van der Waals surface area contributed by atoms with Crippen molar-refractivity contribution >= 4 is 11.7 Å². The zero-order valence-corrected chi connectivity index (χ0v) is 13.5. The van der Waals surface area contributed by atoms with Gasteiger partial charge in [-0.3, -0.25) is 4.79 Å². The third-order valence-electron chi connectivity index (χ3n) is 4.48. The van der Waals surface area contributed by atoms with Crippen molar-refractivity contribution in [2.45, 2.75) is 44.7 Å². The van der Waals surface area contributed by atoms with Gasteiger partial charge >= 0.3 is 0 Å². The van der Waals surface area contributed by atoms with E-state index in [0.717, 1.165) is 18.7 Å². The maximum Gasteiger partial charge on any atom is 0.239 e. The Morgan fingerprint density at radius 3 is 2.74 bits per heavy atom. The van der Waals surface area contributed by atoms with Gasteiger partial charge in [-0.25, -0.2) is 4.68 Å². The smallest absolute Gasteiger partial charge is 0.239 e. The molecule has 23 heavy (non-hydrogen) atoms. The Labute approximate surface area is 137 Å². The van der Waals surface area contributed by atoms with E-state index in [0.29, 0.717) is 6.04 Å². The molecular formula is C18H24N4O. The van der Waals surface area contributed by atoms with Gasteiger partial charge in [0.1, 0.15) is 5.82 Å². The maximum atomic E-state index is 12.2. The Bertz CT molecular complexity index is 631. The number of benzene rings is 1. The van der Waals surface area contributed by atoms with Gasteiger partial charge in [0.2, 0.25) is 5.91 Å². The summed E-state index contributed by atoms with van der Waals surface area (Å²) in [4.78, 5) is 12.2. The van der Waals surface area contributed by atoms with E-state index >= 15 is 0 Å². The normalized spacial score (nSPS) is 16.4. The second kappa shape index (κ2) is 7.42. The molecule has 0 radical (unpaired) electrons. The van der Waals surface area contributed by atoms with Crippen LogP contribution in [0.4, 0.5) is 5.82 Å². The molecule has 1 aromatic heterocycles. The lowest BCUT2D eigenvalue weighted by molar-refractivity contribution is -0.115. The van der Waals surface area contributed by atoms with Crippen LogP contribution in [0.25, 0.3) is 0 Å². The Kier molecular flexibility index (Phi) is 5.08. The number of aromatic nitrogens is 2. The van der Waals surface area contributed by atoms with Crippen LogP contribution in [0.2, 0.25) is 0 Å². The van der Waals surface area contributed by atoms with E-state index in [4.69, 9.17) is 0 Å². The average molecular weight is 312 g/mol. The van der Waals surface area contributed by atoms with Crippen LogP contribution in [0.15, 0.2) is 42.6 Å². The van der Waals surface area contributed by atoms with Crippen LogP contribution in [0, 0.1) is 0 Å². The maximum absolute atomic E-state index is 12.2. The van der Waals surface area contributed by atoms with Crippen molar-refractivity contribution in [3.8, 4) is 0 Å². The number of amides is 1. The van der Waals surface area contributed by atoms with Crippen molar-refractivity contribution in [1.82, 2.24) is 15.1 Å². The molecule has 1 heterocycles. The molecule has 2 N–H and O–H groups in total. The van der Waals surface area contributed by atoms with E-state index in [-0.39, 0.29) is 18.5 Å². The molecule has 5 heteroatoms. The molecule has 0 bridgehead atoms. The predicted molar refractivity (Wildman–Crippen MR) is 91.2 cm³/mol. The van der Waals surface area contributed by atoms with E-state index < -0.39 is 0 Å². The molecule has 0 aliphatic heterocycles. The fourth-order valence-corrected chi connectivity index (χ4v) is 3.15. The molecule has 122 valence electrons. The van der Waals surface area contributed by atoms with Crippen LogP contribution >= 0.6 is 0 Å². The molecule has 1 aliphatic carbocycles. The first-order valence-electron chi connectivity index (χ1n) is 8.36. The summed E-state index contributed by atoms with van der Waals surface area (Å²) in [6.07, 6.45) is 6.54. The van der Waals surface area contributed by atoms with Gasteiger partial charge in [-0.15, -0.1) is 0 Å². The SMILES string of the molecule is C[C@H](NCC(=O)Nc1ccnn1C1CCCC1)c1ccccc1. The van der Waals surface area contributed by atoms with Gasteiger partial charge in [-0.1, -0.05) is 43.2 Å².